The van der Waals surface area contributed by atoms with Gasteiger partial charge in [-0.1, -0.05) is 23.3 Å². The van der Waals surface area contributed by atoms with E-state index in [1.165, 1.54) is 0 Å². The van der Waals surface area contributed by atoms with Gasteiger partial charge in [0, 0.05) is 5.56 Å². The van der Waals surface area contributed by atoms with Gasteiger partial charge >= 0.3 is 6.08 Å². The number of aliphatic hydroxyl groups excluding tert-OH is 1. The van der Waals surface area contributed by atoms with E-state index in [9.17, 15) is 5.11 Å². The van der Waals surface area contributed by atoms with Crippen LogP contribution in [0.2, 0.25) is 0 Å². The molecule has 0 bridgehead atoms. The molecule has 0 spiro atoms. The molecule has 6 nitrogen and oxygen atoms in total. The second kappa shape index (κ2) is 7.02. The summed E-state index contributed by atoms with van der Waals surface area (Å²) in [5, 5.41) is 17.3. The summed E-state index contributed by atoms with van der Waals surface area (Å²) in [6.45, 7) is 4.05. The second-order valence-corrected chi connectivity index (χ2v) is 4.59. The lowest BCUT2D eigenvalue weighted by molar-refractivity contribution is -0.0163. The van der Waals surface area contributed by atoms with Crippen LogP contribution in [0.1, 0.15) is 13.8 Å². The Morgan fingerprint density at radius 3 is 2.60 bits per heavy atom. The van der Waals surface area contributed by atoms with E-state index in [0.717, 1.165) is 5.56 Å². The number of hydrogen-bond acceptors (Lipinski definition) is 6. The van der Waals surface area contributed by atoms with Crippen molar-refractivity contribution in [3.05, 3.63) is 30.3 Å². The topological polar surface area (TPSA) is 77.6 Å². The molecule has 6 heteroatoms. The number of benzene rings is 1. The number of hydrogen-bond donors (Lipinski definition) is 1. The largest absolute Gasteiger partial charge is 0.446 e. The Morgan fingerprint density at radius 1 is 1.15 bits per heavy atom. The molecule has 0 saturated heterocycles. The SMILES string of the molecule is CC(C)OCC(O)COc1nnc(-c2ccccc2)o1. The Hall–Kier alpha value is -1.92. The smallest absolute Gasteiger partial charge is 0.415 e. The van der Waals surface area contributed by atoms with Crippen molar-refractivity contribution in [3.8, 4) is 17.5 Å². The Labute approximate surface area is 117 Å². The number of ether oxygens (including phenoxy) is 2. The van der Waals surface area contributed by atoms with Crippen molar-refractivity contribution in [2.24, 2.45) is 0 Å². The molecule has 2 rings (SSSR count). The predicted molar refractivity (Wildman–Crippen MR) is 72.3 cm³/mol. The fraction of sp³-hybridized carbons (Fsp3) is 0.429. The van der Waals surface area contributed by atoms with Gasteiger partial charge in [0.1, 0.15) is 12.7 Å². The Kier molecular flexibility index (Phi) is 5.09. The molecule has 1 heterocycles. The van der Waals surface area contributed by atoms with E-state index in [2.05, 4.69) is 10.2 Å². The number of aliphatic hydroxyl groups is 1. The molecular weight excluding hydrogens is 260 g/mol. The van der Waals surface area contributed by atoms with E-state index in [-0.39, 0.29) is 25.4 Å². The highest BCUT2D eigenvalue weighted by molar-refractivity contribution is 5.51. The van der Waals surface area contributed by atoms with Crippen LogP contribution in [0.5, 0.6) is 6.08 Å². The van der Waals surface area contributed by atoms with Gasteiger partial charge < -0.3 is 19.0 Å². The first-order valence-electron chi connectivity index (χ1n) is 6.46. The first-order valence-corrected chi connectivity index (χ1v) is 6.46. The second-order valence-electron chi connectivity index (χ2n) is 4.59. The molecule has 1 unspecified atom stereocenters. The van der Waals surface area contributed by atoms with Crippen molar-refractivity contribution < 1.29 is 19.0 Å². The van der Waals surface area contributed by atoms with Crippen molar-refractivity contribution in [1.29, 1.82) is 0 Å². The fourth-order valence-electron chi connectivity index (χ4n) is 1.48. The zero-order valence-electron chi connectivity index (χ0n) is 11.5. The van der Waals surface area contributed by atoms with Crippen LogP contribution >= 0.6 is 0 Å². The summed E-state index contributed by atoms with van der Waals surface area (Å²) in [7, 11) is 0. The first kappa shape index (κ1) is 14.5. The van der Waals surface area contributed by atoms with Gasteiger partial charge in [-0.2, -0.15) is 0 Å². The highest BCUT2D eigenvalue weighted by Gasteiger charge is 2.12. The predicted octanol–water partition coefficient (Wildman–Crippen LogP) is 1.90. The maximum Gasteiger partial charge on any atom is 0.415 e. The van der Waals surface area contributed by atoms with Crippen LogP contribution in [-0.2, 0) is 4.74 Å². The third-order valence-corrected chi connectivity index (χ3v) is 2.45. The van der Waals surface area contributed by atoms with Gasteiger partial charge in [-0.3, -0.25) is 0 Å². The number of nitrogens with zero attached hydrogens (tertiary/aromatic N) is 2. The Balaban J connectivity index is 1.84. The lowest BCUT2D eigenvalue weighted by Crippen LogP contribution is -2.25. The van der Waals surface area contributed by atoms with E-state index in [0.29, 0.717) is 5.89 Å². The van der Waals surface area contributed by atoms with E-state index in [4.69, 9.17) is 13.9 Å². The summed E-state index contributed by atoms with van der Waals surface area (Å²) in [5.41, 5.74) is 0.818. The van der Waals surface area contributed by atoms with Crippen LogP contribution in [0.15, 0.2) is 34.7 Å². The summed E-state index contributed by atoms with van der Waals surface area (Å²) < 4.78 is 15.9. The van der Waals surface area contributed by atoms with Crippen LogP contribution in [0.4, 0.5) is 0 Å². The zero-order chi connectivity index (χ0) is 14.4. The Bertz CT molecular complexity index is 513. The van der Waals surface area contributed by atoms with Gasteiger partial charge in [0.05, 0.1) is 12.7 Å². The highest BCUT2D eigenvalue weighted by Crippen LogP contribution is 2.20. The van der Waals surface area contributed by atoms with Crippen LogP contribution in [0.25, 0.3) is 11.5 Å². The monoisotopic (exact) mass is 278 g/mol. The first-order chi connectivity index (χ1) is 9.65. The number of aromatic nitrogens is 2. The maximum absolute atomic E-state index is 9.64. The molecule has 0 fully saturated rings. The van der Waals surface area contributed by atoms with E-state index in [1.54, 1.807) is 0 Å². The maximum atomic E-state index is 9.64. The van der Waals surface area contributed by atoms with E-state index >= 15 is 0 Å². The molecule has 1 N–H and O–H groups in total. The fourth-order valence-corrected chi connectivity index (χ4v) is 1.48. The molecule has 1 aromatic heterocycles. The van der Waals surface area contributed by atoms with Crippen LogP contribution < -0.4 is 4.74 Å². The lowest BCUT2D eigenvalue weighted by atomic mass is 10.2. The van der Waals surface area contributed by atoms with Gasteiger partial charge in [-0.15, -0.1) is 5.10 Å². The van der Waals surface area contributed by atoms with E-state index in [1.807, 2.05) is 44.2 Å². The summed E-state index contributed by atoms with van der Waals surface area (Å²) in [4.78, 5) is 0. The van der Waals surface area contributed by atoms with Gasteiger partial charge in [0.25, 0.3) is 5.89 Å². The third kappa shape index (κ3) is 4.32. The zero-order valence-corrected chi connectivity index (χ0v) is 11.5. The van der Waals surface area contributed by atoms with Crippen LogP contribution in [0, 0.1) is 0 Å². The van der Waals surface area contributed by atoms with Crippen molar-refractivity contribution in [2.45, 2.75) is 26.1 Å². The molecule has 1 aromatic carbocycles. The van der Waals surface area contributed by atoms with Crippen molar-refractivity contribution in [1.82, 2.24) is 10.2 Å². The van der Waals surface area contributed by atoms with E-state index < -0.39 is 6.10 Å². The quantitative estimate of drug-likeness (QED) is 0.833. The minimum Gasteiger partial charge on any atom is -0.446 e. The van der Waals surface area contributed by atoms with Crippen molar-refractivity contribution in [3.63, 3.8) is 0 Å². The lowest BCUT2D eigenvalue weighted by Gasteiger charge is -2.12. The summed E-state index contributed by atoms with van der Waals surface area (Å²) >= 11 is 0. The molecule has 0 saturated carbocycles. The minimum absolute atomic E-state index is 0.0347. The normalized spacial score (nSPS) is 12.6. The van der Waals surface area contributed by atoms with Crippen LogP contribution in [-0.4, -0.2) is 40.7 Å². The molecule has 1 atom stereocenters. The molecule has 0 aliphatic heterocycles. The van der Waals surface area contributed by atoms with Gasteiger partial charge in [0.15, 0.2) is 0 Å². The standard InChI is InChI=1S/C14H18N2O4/c1-10(2)18-8-12(17)9-19-14-16-15-13(20-14)11-6-4-3-5-7-11/h3-7,10,12,17H,8-9H2,1-2H3. The van der Waals surface area contributed by atoms with Gasteiger partial charge in [-0.05, 0) is 26.0 Å². The average Bonchev–Trinajstić information content (AvgIpc) is 2.93. The third-order valence-electron chi connectivity index (χ3n) is 2.45. The summed E-state index contributed by atoms with van der Waals surface area (Å²) in [6.07, 6.45) is -0.630. The average molecular weight is 278 g/mol. The van der Waals surface area contributed by atoms with Gasteiger partial charge in [-0.25, -0.2) is 0 Å². The summed E-state index contributed by atoms with van der Waals surface area (Å²) in [5.74, 6) is 0.383. The number of rotatable bonds is 7. The molecule has 0 radical (unpaired) electrons. The highest BCUT2D eigenvalue weighted by atomic mass is 16.6. The van der Waals surface area contributed by atoms with Gasteiger partial charge in [0.2, 0.25) is 0 Å². The Morgan fingerprint density at radius 2 is 1.90 bits per heavy atom. The van der Waals surface area contributed by atoms with Crippen molar-refractivity contribution >= 4 is 0 Å². The molecule has 2 aromatic rings. The molecule has 0 amide bonds. The summed E-state index contributed by atoms with van der Waals surface area (Å²) in [6, 6.07) is 9.40. The van der Waals surface area contributed by atoms with Crippen molar-refractivity contribution in [2.75, 3.05) is 13.2 Å². The minimum atomic E-state index is -0.732. The molecule has 20 heavy (non-hydrogen) atoms. The molecule has 0 aliphatic carbocycles. The molecule has 108 valence electrons. The molecule has 0 aliphatic rings. The molecular formula is C14H18N2O4. The van der Waals surface area contributed by atoms with Crippen LogP contribution in [0.3, 0.4) is 0 Å².